The number of carbonyl (C=O) groups excluding carboxylic acids is 2. The van der Waals surface area contributed by atoms with Crippen molar-refractivity contribution in [1.82, 2.24) is 4.98 Å². The fourth-order valence-electron chi connectivity index (χ4n) is 2.81. The molecule has 0 spiro atoms. The van der Waals surface area contributed by atoms with Crippen LogP contribution >= 0.6 is 21.6 Å². The predicted octanol–water partition coefficient (Wildman–Crippen LogP) is 5.76. The highest BCUT2D eigenvalue weighted by atomic mass is 32.5. The molecule has 3 aromatic rings. The molecule has 1 aromatic heterocycles. The van der Waals surface area contributed by atoms with Gasteiger partial charge >= 0.3 is 10.2 Å². The standard InChI is InChI=1S/C19H16F6N4O2S2/c1-10(18(27)31)29(13-6-4-12(20)5-7-13)19-28-17(26)16(32-19)15(30)11-2-8-14(9-3-11)33(21,22,23,24)25/h2-10H,26H2,1H3,(H2,27,31). The summed E-state index contributed by atoms with van der Waals surface area (Å²) in [4.78, 5) is 27.6. The third kappa shape index (κ3) is 5.22. The minimum atomic E-state index is -9.89. The number of amides is 1. The summed E-state index contributed by atoms with van der Waals surface area (Å²) in [6.45, 7) is 1.43. The van der Waals surface area contributed by atoms with Crippen LogP contribution in [-0.2, 0) is 4.79 Å². The average Bonchev–Trinajstić information content (AvgIpc) is 3.08. The van der Waals surface area contributed by atoms with Crippen LogP contribution in [-0.4, -0.2) is 22.7 Å². The fraction of sp³-hybridized carbons (Fsp3) is 0.105. The number of hydrogen-bond donors (Lipinski definition) is 2. The minimum absolute atomic E-state index is 0.0254. The van der Waals surface area contributed by atoms with Gasteiger partial charge in [0.05, 0.1) is 0 Å². The topological polar surface area (TPSA) is 102 Å². The highest BCUT2D eigenvalue weighted by Gasteiger charge is 2.65. The number of nitrogens with two attached hydrogens (primary N) is 2. The largest absolute Gasteiger partial charge is 0.382 e. The maximum atomic E-state index is 13.3. The number of benzene rings is 2. The number of hydrogen-bond acceptors (Lipinski definition) is 6. The quantitative estimate of drug-likeness (QED) is 0.311. The molecule has 0 fully saturated rings. The monoisotopic (exact) mass is 510 g/mol. The Morgan fingerprint density at radius 1 is 1.00 bits per heavy atom. The second-order valence-electron chi connectivity index (χ2n) is 6.96. The maximum Gasteiger partial charge on any atom is 0.310 e. The van der Waals surface area contributed by atoms with E-state index in [9.17, 15) is 33.4 Å². The smallest absolute Gasteiger partial charge is 0.310 e. The number of carbonyl (C=O) groups is 2. The van der Waals surface area contributed by atoms with E-state index in [4.69, 9.17) is 11.5 Å². The van der Waals surface area contributed by atoms with E-state index in [1.165, 1.54) is 24.0 Å². The van der Waals surface area contributed by atoms with Crippen molar-refractivity contribution in [3.8, 4) is 0 Å². The first-order valence-electron chi connectivity index (χ1n) is 8.97. The van der Waals surface area contributed by atoms with Crippen molar-refractivity contribution in [2.24, 2.45) is 5.73 Å². The Bertz CT molecular complexity index is 1230. The van der Waals surface area contributed by atoms with Gasteiger partial charge in [-0.3, -0.25) is 9.59 Å². The van der Waals surface area contributed by atoms with E-state index in [-0.39, 0.29) is 33.5 Å². The molecule has 0 radical (unpaired) electrons. The molecule has 2 aromatic carbocycles. The van der Waals surface area contributed by atoms with Gasteiger partial charge in [-0.25, -0.2) is 9.37 Å². The Balaban J connectivity index is 2.01. The Kier molecular flexibility index (Phi) is 5.45. The molecule has 0 saturated heterocycles. The van der Waals surface area contributed by atoms with Crippen molar-refractivity contribution in [1.29, 1.82) is 0 Å². The Morgan fingerprint density at radius 2 is 1.55 bits per heavy atom. The predicted molar refractivity (Wildman–Crippen MR) is 115 cm³/mol. The van der Waals surface area contributed by atoms with E-state index in [0.717, 1.165) is 12.1 Å². The zero-order valence-corrected chi connectivity index (χ0v) is 18.3. The first-order valence-corrected chi connectivity index (χ1v) is 11.7. The zero-order valence-electron chi connectivity index (χ0n) is 16.6. The maximum absolute atomic E-state index is 13.3. The third-order valence-corrected chi connectivity index (χ3v) is 6.75. The summed E-state index contributed by atoms with van der Waals surface area (Å²) in [6.07, 6.45) is 0. The van der Waals surface area contributed by atoms with Crippen molar-refractivity contribution >= 4 is 49.9 Å². The molecule has 178 valence electrons. The molecule has 33 heavy (non-hydrogen) atoms. The van der Waals surface area contributed by atoms with Crippen LogP contribution in [0.5, 0.6) is 0 Å². The number of anilines is 3. The summed E-state index contributed by atoms with van der Waals surface area (Å²) in [5.74, 6) is -2.49. The van der Waals surface area contributed by atoms with Crippen molar-refractivity contribution in [2.45, 2.75) is 17.9 Å². The van der Waals surface area contributed by atoms with E-state index in [2.05, 4.69) is 4.98 Å². The number of primary amides is 1. The third-order valence-electron chi connectivity index (χ3n) is 4.52. The van der Waals surface area contributed by atoms with Crippen LogP contribution in [0.1, 0.15) is 22.2 Å². The summed E-state index contributed by atoms with van der Waals surface area (Å²) in [5, 5.41) is 0.0254. The van der Waals surface area contributed by atoms with E-state index >= 15 is 0 Å². The lowest BCUT2D eigenvalue weighted by Crippen LogP contribution is -2.39. The number of halogens is 6. The lowest BCUT2D eigenvalue weighted by Gasteiger charge is -2.40. The fourth-order valence-corrected chi connectivity index (χ4v) is 4.51. The summed E-state index contributed by atoms with van der Waals surface area (Å²) in [5.41, 5.74) is 11.2. The summed E-state index contributed by atoms with van der Waals surface area (Å²) in [7, 11) is -9.89. The lowest BCUT2D eigenvalue weighted by molar-refractivity contribution is -0.118. The van der Waals surface area contributed by atoms with E-state index in [1.54, 1.807) is 0 Å². The molecular weight excluding hydrogens is 494 g/mol. The summed E-state index contributed by atoms with van der Waals surface area (Å²) < 4.78 is 77.9. The summed E-state index contributed by atoms with van der Waals surface area (Å²) in [6, 6.07) is 5.38. The van der Waals surface area contributed by atoms with Gasteiger partial charge in [0.25, 0.3) is 0 Å². The number of aromatic nitrogens is 1. The molecule has 1 atom stereocenters. The lowest BCUT2D eigenvalue weighted by atomic mass is 10.1. The van der Waals surface area contributed by atoms with Crippen LogP contribution in [0.4, 0.5) is 40.5 Å². The molecule has 0 saturated carbocycles. The van der Waals surface area contributed by atoms with Gasteiger partial charge in [-0.05, 0) is 55.5 Å². The highest BCUT2D eigenvalue weighted by molar-refractivity contribution is 8.45. The van der Waals surface area contributed by atoms with E-state index in [1.807, 2.05) is 0 Å². The van der Waals surface area contributed by atoms with Gasteiger partial charge in [0.1, 0.15) is 27.4 Å². The van der Waals surface area contributed by atoms with Crippen molar-refractivity contribution in [3.05, 3.63) is 64.8 Å². The molecule has 1 amide bonds. The number of rotatable bonds is 7. The van der Waals surface area contributed by atoms with Crippen LogP contribution in [0.3, 0.4) is 0 Å². The Hall–Kier alpha value is -3.26. The average molecular weight is 510 g/mol. The highest BCUT2D eigenvalue weighted by Crippen LogP contribution is 3.02. The second-order valence-corrected chi connectivity index (χ2v) is 10.3. The van der Waals surface area contributed by atoms with Crippen LogP contribution in [0, 0.1) is 5.82 Å². The first kappa shape index (κ1) is 24.4. The molecule has 1 heterocycles. The second kappa shape index (κ2) is 7.38. The Labute approximate surface area is 187 Å². The molecule has 0 bridgehead atoms. The number of nitrogen functional groups attached to an aromatic ring is 1. The Morgan fingerprint density at radius 3 is 2.03 bits per heavy atom. The van der Waals surface area contributed by atoms with Crippen molar-refractivity contribution < 1.29 is 33.4 Å². The molecule has 1 unspecified atom stereocenters. The normalized spacial score (nSPS) is 14.8. The van der Waals surface area contributed by atoms with Crippen LogP contribution < -0.4 is 16.4 Å². The molecule has 4 N–H and O–H groups in total. The molecule has 0 aliphatic heterocycles. The SMILES string of the molecule is CC(C(N)=O)N(c1ccc(F)cc1)c1nc(N)c(C(=O)c2ccc(S(F)(F)(F)(F)F)cc2)s1. The number of thiazole rings is 1. The molecular formula is C19H16F6N4O2S2. The molecule has 0 aliphatic rings. The van der Waals surface area contributed by atoms with Crippen LogP contribution in [0.2, 0.25) is 0 Å². The number of ketones is 1. The number of nitrogens with zero attached hydrogens (tertiary/aromatic N) is 2. The zero-order chi connectivity index (χ0) is 24.8. The van der Waals surface area contributed by atoms with Crippen LogP contribution in [0.25, 0.3) is 0 Å². The minimum Gasteiger partial charge on any atom is -0.382 e. The van der Waals surface area contributed by atoms with Gasteiger partial charge in [-0.15, -0.1) is 0 Å². The van der Waals surface area contributed by atoms with Gasteiger partial charge in [-0.1, -0.05) is 30.8 Å². The van der Waals surface area contributed by atoms with Crippen molar-refractivity contribution in [2.75, 3.05) is 10.6 Å². The van der Waals surface area contributed by atoms with Gasteiger partial charge in [0.15, 0.2) is 5.13 Å². The molecule has 14 heteroatoms. The van der Waals surface area contributed by atoms with Gasteiger partial charge < -0.3 is 16.4 Å². The van der Waals surface area contributed by atoms with E-state index in [0.29, 0.717) is 29.2 Å². The van der Waals surface area contributed by atoms with Gasteiger partial charge in [0, 0.05) is 11.3 Å². The van der Waals surface area contributed by atoms with Gasteiger partial charge in [-0.2, -0.15) is 0 Å². The van der Waals surface area contributed by atoms with Crippen LogP contribution in [0.15, 0.2) is 53.4 Å². The first-order chi connectivity index (χ1) is 15.0. The summed E-state index contributed by atoms with van der Waals surface area (Å²) >= 11 is 0.699. The molecule has 0 aliphatic carbocycles. The van der Waals surface area contributed by atoms with Gasteiger partial charge in [0.2, 0.25) is 11.7 Å². The van der Waals surface area contributed by atoms with E-state index < -0.39 is 38.7 Å². The molecule has 6 nitrogen and oxygen atoms in total. The molecule has 3 rings (SSSR count). The van der Waals surface area contributed by atoms with Crippen molar-refractivity contribution in [3.63, 3.8) is 0 Å².